The lowest BCUT2D eigenvalue weighted by molar-refractivity contribution is -0.142. The fraction of sp³-hybridized carbons (Fsp3) is 0.385. The molecule has 2 unspecified atom stereocenters. The van der Waals surface area contributed by atoms with Crippen LogP contribution in [-0.2, 0) is 9.53 Å². The van der Waals surface area contributed by atoms with Crippen LogP contribution in [0.3, 0.4) is 0 Å². The van der Waals surface area contributed by atoms with Crippen LogP contribution in [0.25, 0.3) is 0 Å². The highest BCUT2D eigenvalue weighted by Crippen LogP contribution is 2.27. The summed E-state index contributed by atoms with van der Waals surface area (Å²) in [4.78, 5) is 23.8. The fourth-order valence-corrected chi connectivity index (χ4v) is 2.07. The van der Waals surface area contributed by atoms with Gasteiger partial charge in [0.15, 0.2) is 5.78 Å². The van der Waals surface area contributed by atoms with Gasteiger partial charge in [-0.25, -0.2) is 0 Å². The van der Waals surface area contributed by atoms with Gasteiger partial charge in [-0.2, -0.15) is 0 Å². The van der Waals surface area contributed by atoms with Gasteiger partial charge in [-0.3, -0.25) is 9.59 Å². The predicted octanol–water partition coefficient (Wildman–Crippen LogP) is 1.86. The lowest BCUT2D eigenvalue weighted by atomic mass is 9.94. The lowest BCUT2D eigenvalue weighted by Gasteiger charge is -2.09. The molecule has 0 bridgehead atoms. The quantitative estimate of drug-likeness (QED) is 0.492. The van der Waals surface area contributed by atoms with E-state index in [1.807, 2.05) is 12.1 Å². The van der Waals surface area contributed by atoms with E-state index < -0.39 is 11.9 Å². The molecule has 1 aliphatic rings. The van der Waals surface area contributed by atoms with E-state index in [4.69, 9.17) is 4.74 Å². The van der Waals surface area contributed by atoms with Crippen molar-refractivity contribution in [2.45, 2.75) is 19.4 Å². The molecule has 0 aromatic heterocycles. The van der Waals surface area contributed by atoms with Crippen molar-refractivity contribution < 1.29 is 14.3 Å². The van der Waals surface area contributed by atoms with Crippen molar-refractivity contribution in [3.63, 3.8) is 0 Å². The number of nitrogens with one attached hydrogen (secondary N) is 1. The van der Waals surface area contributed by atoms with Gasteiger partial charge in [0.1, 0.15) is 12.0 Å². The lowest BCUT2D eigenvalue weighted by Crippen LogP contribution is -2.20. The van der Waals surface area contributed by atoms with Crippen molar-refractivity contribution in [2.24, 2.45) is 5.92 Å². The number of anilines is 1. The topological polar surface area (TPSA) is 55.4 Å². The molecule has 1 fully saturated rings. The van der Waals surface area contributed by atoms with Crippen LogP contribution in [0.1, 0.15) is 23.7 Å². The second-order valence-electron chi connectivity index (χ2n) is 4.20. The normalized spacial score (nSPS) is 23.3. The molecular weight excluding hydrogens is 218 g/mol. The van der Waals surface area contributed by atoms with Gasteiger partial charge in [0, 0.05) is 24.7 Å². The Morgan fingerprint density at radius 1 is 1.41 bits per heavy atom. The Morgan fingerprint density at radius 2 is 2.12 bits per heavy atom. The van der Waals surface area contributed by atoms with E-state index in [0.717, 1.165) is 5.69 Å². The molecule has 4 heteroatoms. The number of ether oxygens (including phenoxy) is 1. The summed E-state index contributed by atoms with van der Waals surface area (Å²) in [5.41, 5.74) is 1.29. The Bertz CT molecular complexity index is 456. The zero-order chi connectivity index (χ0) is 12.4. The summed E-state index contributed by atoms with van der Waals surface area (Å²) in [7, 11) is 1.75. The molecule has 2 atom stereocenters. The summed E-state index contributed by atoms with van der Waals surface area (Å²) in [6.07, 6.45) is 0.300. The number of benzene rings is 1. The zero-order valence-electron chi connectivity index (χ0n) is 9.90. The average Bonchev–Trinajstić information content (AvgIpc) is 2.67. The van der Waals surface area contributed by atoms with E-state index in [9.17, 15) is 9.59 Å². The molecule has 1 N–H and O–H groups in total. The highest BCUT2D eigenvalue weighted by atomic mass is 16.5. The van der Waals surface area contributed by atoms with E-state index in [0.29, 0.717) is 12.0 Å². The number of rotatable bonds is 3. The first-order chi connectivity index (χ1) is 8.13. The summed E-state index contributed by atoms with van der Waals surface area (Å²) < 4.78 is 5.01. The second-order valence-corrected chi connectivity index (χ2v) is 4.20. The van der Waals surface area contributed by atoms with Crippen molar-refractivity contribution in [3.8, 4) is 0 Å². The molecule has 1 heterocycles. The predicted molar refractivity (Wildman–Crippen MR) is 64.0 cm³/mol. The third kappa shape index (κ3) is 2.16. The smallest absolute Gasteiger partial charge is 0.317 e. The molecule has 0 aliphatic carbocycles. The van der Waals surface area contributed by atoms with E-state index in [2.05, 4.69) is 5.32 Å². The first-order valence-electron chi connectivity index (χ1n) is 5.65. The largest absolute Gasteiger partial charge is 0.462 e. The van der Waals surface area contributed by atoms with Crippen molar-refractivity contribution in [1.82, 2.24) is 0 Å². The van der Waals surface area contributed by atoms with Crippen LogP contribution in [0.4, 0.5) is 5.69 Å². The van der Waals surface area contributed by atoms with E-state index in [1.54, 1.807) is 26.1 Å². The number of hydrogen-bond donors (Lipinski definition) is 1. The summed E-state index contributed by atoms with van der Waals surface area (Å²) in [5, 5.41) is 2.95. The van der Waals surface area contributed by atoms with Gasteiger partial charge in [0.2, 0.25) is 0 Å². The molecule has 90 valence electrons. The summed E-state index contributed by atoms with van der Waals surface area (Å²) in [6, 6.07) is 7.18. The molecule has 0 saturated carbocycles. The highest BCUT2D eigenvalue weighted by molar-refractivity contribution is 6.12. The summed E-state index contributed by atoms with van der Waals surface area (Å²) in [5.74, 6) is -1.22. The minimum atomic E-state index is -0.653. The maximum Gasteiger partial charge on any atom is 0.317 e. The second kappa shape index (κ2) is 4.57. The van der Waals surface area contributed by atoms with E-state index >= 15 is 0 Å². The minimum Gasteiger partial charge on any atom is -0.462 e. The van der Waals surface area contributed by atoms with Gasteiger partial charge in [0.25, 0.3) is 0 Å². The van der Waals surface area contributed by atoms with Crippen molar-refractivity contribution in [3.05, 3.63) is 29.8 Å². The molecule has 1 saturated heterocycles. The van der Waals surface area contributed by atoms with Gasteiger partial charge in [0.05, 0.1) is 0 Å². The first-order valence-corrected chi connectivity index (χ1v) is 5.65. The Kier molecular flexibility index (Phi) is 3.13. The number of carbonyl (C=O) groups is 2. The van der Waals surface area contributed by atoms with E-state index in [-0.39, 0.29) is 11.9 Å². The van der Waals surface area contributed by atoms with E-state index in [1.165, 1.54) is 0 Å². The third-order valence-corrected chi connectivity index (χ3v) is 2.95. The van der Waals surface area contributed by atoms with Crippen molar-refractivity contribution >= 4 is 17.4 Å². The average molecular weight is 233 g/mol. The number of para-hydroxylation sites is 1. The molecule has 1 aromatic carbocycles. The molecule has 0 radical (unpaired) electrons. The van der Waals surface area contributed by atoms with Crippen molar-refractivity contribution in [2.75, 3.05) is 12.4 Å². The maximum absolute atomic E-state index is 12.2. The van der Waals surface area contributed by atoms with Gasteiger partial charge in [-0.1, -0.05) is 12.1 Å². The monoisotopic (exact) mass is 233 g/mol. The van der Waals surface area contributed by atoms with Crippen LogP contribution in [0, 0.1) is 5.92 Å². The molecule has 0 amide bonds. The standard InChI is InChI=1S/C13H15NO3/c1-8-7-10(13(16)17-8)12(15)9-5-3-4-6-11(9)14-2/h3-6,8,10,14H,7H2,1-2H3. The van der Waals surface area contributed by atoms with Gasteiger partial charge in [-0.05, 0) is 19.1 Å². The molecule has 2 rings (SSSR count). The maximum atomic E-state index is 12.2. The zero-order valence-corrected chi connectivity index (χ0v) is 9.90. The van der Waals surface area contributed by atoms with Crippen LogP contribution in [-0.4, -0.2) is 24.9 Å². The highest BCUT2D eigenvalue weighted by Gasteiger charge is 2.38. The molecule has 17 heavy (non-hydrogen) atoms. The molecule has 1 aliphatic heterocycles. The molecule has 1 aromatic rings. The van der Waals surface area contributed by atoms with Crippen LogP contribution in [0.15, 0.2) is 24.3 Å². The Morgan fingerprint density at radius 3 is 2.71 bits per heavy atom. The van der Waals surface area contributed by atoms with Crippen LogP contribution >= 0.6 is 0 Å². The Labute approximate surface area is 100.0 Å². The van der Waals surface area contributed by atoms with Crippen LogP contribution in [0.2, 0.25) is 0 Å². The van der Waals surface area contributed by atoms with Gasteiger partial charge < -0.3 is 10.1 Å². The molecule has 4 nitrogen and oxygen atoms in total. The summed E-state index contributed by atoms with van der Waals surface area (Å²) in [6.45, 7) is 1.80. The minimum absolute atomic E-state index is 0.163. The number of ketones is 1. The SMILES string of the molecule is CNc1ccccc1C(=O)C1CC(C)OC1=O. The third-order valence-electron chi connectivity index (χ3n) is 2.95. The number of carbonyl (C=O) groups excluding carboxylic acids is 2. The van der Waals surface area contributed by atoms with Gasteiger partial charge >= 0.3 is 5.97 Å². The van der Waals surface area contributed by atoms with Crippen LogP contribution < -0.4 is 5.32 Å². The number of cyclic esters (lactones) is 1. The number of hydrogen-bond acceptors (Lipinski definition) is 4. The first kappa shape index (κ1) is 11.6. The van der Waals surface area contributed by atoms with Crippen LogP contribution in [0.5, 0.6) is 0 Å². The summed E-state index contributed by atoms with van der Waals surface area (Å²) >= 11 is 0. The van der Waals surface area contributed by atoms with Gasteiger partial charge in [-0.15, -0.1) is 0 Å². The number of esters is 1. The fourth-order valence-electron chi connectivity index (χ4n) is 2.07. The number of Topliss-reactive ketones (excluding diaryl/α,β-unsaturated/α-hetero) is 1. The Hall–Kier alpha value is -1.84. The molecular formula is C13H15NO3. The van der Waals surface area contributed by atoms with Crippen molar-refractivity contribution in [1.29, 1.82) is 0 Å². The molecule has 0 spiro atoms. The Balaban J connectivity index is 2.28.